The highest BCUT2D eigenvalue weighted by molar-refractivity contribution is 6.33. The number of aryl methyl sites for hydroxylation is 1. The smallest absolute Gasteiger partial charge is 0.229 e. The van der Waals surface area contributed by atoms with Gasteiger partial charge in [-0.25, -0.2) is 0 Å². The van der Waals surface area contributed by atoms with Crippen LogP contribution < -0.4 is 10.2 Å². The topological polar surface area (TPSA) is 49.4 Å². The van der Waals surface area contributed by atoms with Crippen LogP contribution in [0.3, 0.4) is 0 Å². The molecule has 0 unspecified atom stereocenters. The minimum atomic E-state index is -0.390. The van der Waals surface area contributed by atoms with E-state index in [2.05, 4.69) is 19.2 Å². The number of anilines is 2. The van der Waals surface area contributed by atoms with Gasteiger partial charge in [-0.1, -0.05) is 55.8 Å². The zero-order valence-corrected chi connectivity index (χ0v) is 16.0. The summed E-state index contributed by atoms with van der Waals surface area (Å²) in [6, 6.07) is 13.2. The van der Waals surface area contributed by atoms with E-state index in [1.54, 1.807) is 17.0 Å². The molecule has 1 heterocycles. The fraction of sp³-hybridized carbons (Fsp3) is 0.333. The molecule has 1 fully saturated rings. The molecule has 1 atom stereocenters. The molecule has 0 aliphatic carbocycles. The SMILES string of the molecule is Cc1cccc(C(C)C)c1NC(=O)[C@H]1CC(=O)N(c2ccccc2Cl)C1. The first-order chi connectivity index (χ1) is 12.4. The molecule has 2 amide bonds. The summed E-state index contributed by atoms with van der Waals surface area (Å²) >= 11 is 6.21. The summed E-state index contributed by atoms with van der Waals surface area (Å²) < 4.78 is 0. The van der Waals surface area contributed by atoms with Crippen LogP contribution >= 0.6 is 11.6 Å². The summed E-state index contributed by atoms with van der Waals surface area (Å²) in [4.78, 5) is 26.9. The highest BCUT2D eigenvalue weighted by atomic mass is 35.5. The number of nitrogens with zero attached hydrogens (tertiary/aromatic N) is 1. The number of para-hydroxylation sites is 2. The first kappa shape index (κ1) is 18.5. The average molecular weight is 371 g/mol. The molecule has 136 valence electrons. The molecule has 1 saturated heterocycles. The molecule has 1 aliphatic heterocycles. The molecule has 1 N–H and O–H groups in total. The van der Waals surface area contributed by atoms with Crippen molar-refractivity contribution in [3.63, 3.8) is 0 Å². The number of amides is 2. The molecule has 0 aromatic heterocycles. The van der Waals surface area contributed by atoms with Crippen molar-refractivity contribution in [1.82, 2.24) is 0 Å². The first-order valence-electron chi connectivity index (χ1n) is 8.83. The first-order valence-corrected chi connectivity index (χ1v) is 9.21. The molecular formula is C21H23ClN2O2. The van der Waals surface area contributed by atoms with Crippen LogP contribution in [0.4, 0.5) is 11.4 Å². The molecule has 1 aliphatic rings. The second-order valence-corrected chi connectivity index (χ2v) is 7.45. The Hall–Kier alpha value is -2.33. The second-order valence-electron chi connectivity index (χ2n) is 7.04. The van der Waals surface area contributed by atoms with Gasteiger partial charge in [-0.15, -0.1) is 0 Å². The van der Waals surface area contributed by atoms with Crippen LogP contribution in [0.25, 0.3) is 0 Å². The van der Waals surface area contributed by atoms with Crippen molar-refractivity contribution in [3.8, 4) is 0 Å². The van der Waals surface area contributed by atoms with Crippen LogP contribution in [-0.4, -0.2) is 18.4 Å². The number of rotatable bonds is 4. The third kappa shape index (κ3) is 3.61. The number of halogens is 1. The van der Waals surface area contributed by atoms with E-state index in [4.69, 9.17) is 11.6 Å². The Morgan fingerprint density at radius 1 is 1.19 bits per heavy atom. The number of carbonyl (C=O) groups excluding carboxylic acids is 2. The molecule has 0 spiro atoms. The van der Waals surface area contributed by atoms with Gasteiger partial charge in [0.1, 0.15) is 0 Å². The van der Waals surface area contributed by atoms with Gasteiger partial charge in [0.25, 0.3) is 0 Å². The van der Waals surface area contributed by atoms with Gasteiger partial charge in [0.15, 0.2) is 0 Å². The van der Waals surface area contributed by atoms with E-state index in [-0.39, 0.29) is 18.2 Å². The van der Waals surface area contributed by atoms with Gasteiger partial charge in [0.05, 0.1) is 16.6 Å². The Kier molecular flexibility index (Phi) is 5.33. The summed E-state index contributed by atoms with van der Waals surface area (Å²) in [6.45, 7) is 6.53. The second kappa shape index (κ2) is 7.50. The van der Waals surface area contributed by atoms with Crippen molar-refractivity contribution >= 4 is 34.8 Å². The van der Waals surface area contributed by atoms with Crippen molar-refractivity contribution in [2.45, 2.75) is 33.1 Å². The van der Waals surface area contributed by atoms with Gasteiger partial charge < -0.3 is 10.2 Å². The van der Waals surface area contributed by atoms with Crippen LogP contribution in [-0.2, 0) is 9.59 Å². The third-order valence-corrected chi connectivity index (χ3v) is 5.13. The number of benzene rings is 2. The summed E-state index contributed by atoms with van der Waals surface area (Å²) in [5.41, 5.74) is 3.65. The van der Waals surface area contributed by atoms with Gasteiger partial charge in [-0.2, -0.15) is 0 Å². The molecule has 26 heavy (non-hydrogen) atoms. The Morgan fingerprint density at radius 3 is 2.62 bits per heavy atom. The van der Waals surface area contributed by atoms with E-state index >= 15 is 0 Å². The Bertz CT molecular complexity index is 848. The van der Waals surface area contributed by atoms with Gasteiger partial charge in [0, 0.05) is 18.7 Å². The Labute approximate surface area is 159 Å². The zero-order valence-electron chi connectivity index (χ0n) is 15.3. The maximum absolute atomic E-state index is 12.8. The van der Waals surface area contributed by atoms with Crippen molar-refractivity contribution < 1.29 is 9.59 Å². The van der Waals surface area contributed by atoms with E-state index in [1.807, 2.05) is 37.3 Å². The highest BCUT2D eigenvalue weighted by Crippen LogP contribution is 2.32. The lowest BCUT2D eigenvalue weighted by Gasteiger charge is -2.19. The highest BCUT2D eigenvalue weighted by Gasteiger charge is 2.36. The average Bonchev–Trinajstić information content (AvgIpc) is 2.98. The molecule has 3 rings (SSSR count). The van der Waals surface area contributed by atoms with Crippen LogP contribution in [0.5, 0.6) is 0 Å². The van der Waals surface area contributed by atoms with E-state index in [0.717, 1.165) is 16.8 Å². The van der Waals surface area contributed by atoms with Crippen LogP contribution in [0.2, 0.25) is 5.02 Å². The molecule has 0 radical (unpaired) electrons. The third-order valence-electron chi connectivity index (χ3n) is 4.81. The van der Waals surface area contributed by atoms with Gasteiger partial charge >= 0.3 is 0 Å². The standard InChI is InChI=1S/C21H23ClN2O2/c1-13(2)16-8-6-7-14(3)20(16)23-21(26)15-11-19(25)24(12-15)18-10-5-4-9-17(18)22/h4-10,13,15H,11-12H2,1-3H3,(H,23,26)/t15-/m0/s1. The van der Waals surface area contributed by atoms with Gasteiger partial charge in [-0.05, 0) is 36.1 Å². The minimum absolute atomic E-state index is 0.0767. The minimum Gasteiger partial charge on any atom is -0.325 e. The van der Waals surface area contributed by atoms with E-state index in [9.17, 15) is 9.59 Å². The Morgan fingerprint density at radius 2 is 1.92 bits per heavy atom. The normalized spacial score (nSPS) is 17.0. The molecular weight excluding hydrogens is 348 g/mol. The summed E-state index contributed by atoms with van der Waals surface area (Å²) in [5.74, 6) is -0.287. The maximum atomic E-state index is 12.8. The lowest BCUT2D eigenvalue weighted by Crippen LogP contribution is -2.28. The Balaban J connectivity index is 1.79. The summed E-state index contributed by atoms with van der Waals surface area (Å²) in [5, 5.41) is 3.58. The molecule has 0 saturated carbocycles. The lowest BCUT2D eigenvalue weighted by molar-refractivity contribution is -0.122. The molecule has 2 aromatic rings. The molecule has 5 heteroatoms. The van der Waals surface area contributed by atoms with Gasteiger partial charge in [0.2, 0.25) is 11.8 Å². The van der Waals surface area contributed by atoms with E-state index in [0.29, 0.717) is 23.2 Å². The molecule has 4 nitrogen and oxygen atoms in total. The lowest BCUT2D eigenvalue weighted by atomic mass is 9.97. The summed E-state index contributed by atoms with van der Waals surface area (Å²) in [6.07, 6.45) is 0.194. The van der Waals surface area contributed by atoms with Crippen molar-refractivity contribution in [3.05, 3.63) is 58.6 Å². The number of carbonyl (C=O) groups is 2. The molecule has 0 bridgehead atoms. The summed E-state index contributed by atoms with van der Waals surface area (Å²) in [7, 11) is 0. The van der Waals surface area contributed by atoms with E-state index in [1.165, 1.54) is 0 Å². The van der Waals surface area contributed by atoms with Crippen molar-refractivity contribution in [2.75, 3.05) is 16.8 Å². The largest absolute Gasteiger partial charge is 0.325 e. The number of hydrogen-bond donors (Lipinski definition) is 1. The zero-order chi connectivity index (χ0) is 18.8. The fourth-order valence-electron chi connectivity index (χ4n) is 3.35. The predicted molar refractivity (Wildman–Crippen MR) is 106 cm³/mol. The predicted octanol–water partition coefficient (Wildman–Crippen LogP) is 4.76. The maximum Gasteiger partial charge on any atom is 0.229 e. The number of hydrogen-bond acceptors (Lipinski definition) is 2. The quantitative estimate of drug-likeness (QED) is 0.843. The van der Waals surface area contributed by atoms with Crippen LogP contribution in [0.15, 0.2) is 42.5 Å². The van der Waals surface area contributed by atoms with Crippen LogP contribution in [0, 0.1) is 12.8 Å². The monoisotopic (exact) mass is 370 g/mol. The molecule has 2 aromatic carbocycles. The van der Waals surface area contributed by atoms with Gasteiger partial charge in [-0.3, -0.25) is 9.59 Å². The van der Waals surface area contributed by atoms with Crippen molar-refractivity contribution in [1.29, 1.82) is 0 Å². The van der Waals surface area contributed by atoms with E-state index < -0.39 is 5.92 Å². The number of nitrogens with one attached hydrogen (secondary N) is 1. The van der Waals surface area contributed by atoms with Crippen LogP contribution in [0.1, 0.15) is 37.3 Å². The fourth-order valence-corrected chi connectivity index (χ4v) is 3.59. The van der Waals surface area contributed by atoms with Crippen molar-refractivity contribution in [2.24, 2.45) is 5.92 Å².